The van der Waals surface area contributed by atoms with Gasteiger partial charge < -0.3 is 4.90 Å². The molecule has 2 heterocycles. The highest BCUT2D eigenvalue weighted by molar-refractivity contribution is 7.90. The second-order valence-electron chi connectivity index (χ2n) is 6.27. The fourth-order valence-corrected chi connectivity index (χ4v) is 3.83. The summed E-state index contributed by atoms with van der Waals surface area (Å²) in [5.74, 6) is 0.0889. The van der Waals surface area contributed by atoms with Crippen molar-refractivity contribution in [3.05, 3.63) is 58.6 Å². The van der Waals surface area contributed by atoms with Crippen LogP contribution in [0.15, 0.2) is 47.6 Å². The largest absolute Gasteiger partial charge is 0.308 e. The quantitative estimate of drug-likeness (QED) is 0.726. The van der Waals surface area contributed by atoms with Crippen LogP contribution in [0.4, 0.5) is 5.69 Å². The van der Waals surface area contributed by atoms with Gasteiger partial charge in [0.05, 0.1) is 10.6 Å². The number of carbonyl (C=O) groups excluding carboxylic acids is 1. The molecule has 0 saturated heterocycles. The van der Waals surface area contributed by atoms with E-state index in [1.807, 2.05) is 18.2 Å². The van der Waals surface area contributed by atoms with Crippen molar-refractivity contribution >= 4 is 33.0 Å². The van der Waals surface area contributed by atoms with Gasteiger partial charge in [-0.2, -0.15) is 10.1 Å². The average molecular weight is 403 g/mol. The second kappa shape index (κ2) is 6.47. The van der Waals surface area contributed by atoms with Crippen molar-refractivity contribution in [1.82, 2.24) is 15.2 Å². The van der Waals surface area contributed by atoms with E-state index in [-0.39, 0.29) is 16.9 Å². The highest BCUT2D eigenvalue weighted by Crippen LogP contribution is 2.31. The van der Waals surface area contributed by atoms with Gasteiger partial charge in [0, 0.05) is 24.1 Å². The van der Waals surface area contributed by atoms with E-state index in [1.54, 1.807) is 29.2 Å². The van der Waals surface area contributed by atoms with Gasteiger partial charge in [0.25, 0.3) is 5.91 Å². The van der Waals surface area contributed by atoms with E-state index in [1.165, 1.54) is 0 Å². The third kappa shape index (κ3) is 3.22. The summed E-state index contributed by atoms with van der Waals surface area (Å²) in [6, 6.07) is 12.6. The van der Waals surface area contributed by atoms with Crippen LogP contribution in [0.25, 0.3) is 11.4 Å². The number of hydrogen-bond acceptors (Lipinski definition) is 5. The number of aromatic nitrogens is 3. The molecule has 138 valence electrons. The second-order valence-corrected chi connectivity index (χ2v) is 8.61. The Bertz CT molecular complexity index is 1160. The van der Waals surface area contributed by atoms with Gasteiger partial charge in [0.15, 0.2) is 5.82 Å². The Kier molecular flexibility index (Phi) is 4.24. The molecule has 2 aromatic carbocycles. The van der Waals surface area contributed by atoms with Gasteiger partial charge in [-0.05, 0) is 30.2 Å². The number of rotatable bonds is 3. The number of hydrogen-bond donors (Lipinski definition) is 1. The summed E-state index contributed by atoms with van der Waals surface area (Å²) in [6.07, 6.45) is 1.76. The van der Waals surface area contributed by atoms with E-state index in [0.717, 1.165) is 11.8 Å². The molecule has 0 atom stereocenters. The minimum Gasteiger partial charge on any atom is -0.308 e. The number of carbonyl (C=O) groups is 1. The predicted molar refractivity (Wildman–Crippen MR) is 102 cm³/mol. The summed E-state index contributed by atoms with van der Waals surface area (Å²) in [6.45, 7) is 0.526. The van der Waals surface area contributed by atoms with Gasteiger partial charge >= 0.3 is 0 Å². The smallest absolute Gasteiger partial charge is 0.260 e. The molecule has 1 aliphatic rings. The standard InChI is InChI=1S/C18H15ClN4O3S/c1-27(25,26)18-20-16(21-22-18)12-5-2-6-13(10-12)23-9-8-11-4-3-7-14(19)15(11)17(23)24/h2-7,10H,8-9H2,1H3,(H,20,21,22). The van der Waals surface area contributed by atoms with E-state index in [0.29, 0.717) is 34.8 Å². The Morgan fingerprint density at radius 2 is 1.96 bits per heavy atom. The zero-order chi connectivity index (χ0) is 19.2. The number of anilines is 1. The SMILES string of the molecule is CS(=O)(=O)c1nc(-c2cccc(N3CCc4cccc(Cl)c4C3=O)c2)n[nH]1. The number of nitrogens with one attached hydrogen (secondary N) is 1. The topological polar surface area (TPSA) is 96.0 Å². The van der Waals surface area contributed by atoms with E-state index in [2.05, 4.69) is 15.2 Å². The van der Waals surface area contributed by atoms with Crippen LogP contribution in [-0.4, -0.2) is 42.3 Å². The summed E-state index contributed by atoms with van der Waals surface area (Å²) in [5.41, 5.74) is 2.74. The minimum atomic E-state index is -3.48. The zero-order valence-corrected chi connectivity index (χ0v) is 15.9. The first-order valence-corrected chi connectivity index (χ1v) is 10.4. The highest BCUT2D eigenvalue weighted by Gasteiger charge is 2.27. The van der Waals surface area contributed by atoms with Crippen LogP contribution in [0.5, 0.6) is 0 Å². The molecule has 0 saturated carbocycles. The molecule has 7 nitrogen and oxygen atoms in total. The summed E-state index contributed by atoms with van der Waals surface area (Å²) in [5, 5.41) is 6.63. The first-order valence-electron chi connectivity index (χ1n) is 8.17. The molecule has 3 aromatic rings. The third-order valence-corrected chi connectivity index (χ3v) is 5.60. The molecule has 0 radical (unpaired) electrons. The van der Waals surface area contributed by atoms with Gasteiger partial charge in [-0.15, -0.1) is 0 Å². The van der Waals surface area contributed by atoms with Crippen LogP contribution in [0.3, 0.4) is 0 Å². The lowest BCUT2D eigenvalue weighted by Crippen LogP contribution is -2.37. The predicted octanol–water partition coefficient (Wildman–Crippen LogP) is 2.73. The number of halogens is 1. The van der Waals surface area contributed by atoms with Gasteiger partial charge in [-0.1, -0.05) is 35.9 Å². The first-order chi connectivity index (χ1) is 12.8. The number of H-pyrrole nitrogens is 1. The first kappa shape index (κ1) is 17.7. The molecule has 0 aliphatic carbocycles. The van der Waals surface area contributed by atoms with Crippen LogP contribution < -0.4 is 4.90 Å². The third-order valence-electron chi connectivity index (χ3n) is 4.40. The molecule has 9 heteroatoms. The van der Waals surface area contributed by atoms with E-state index in [9.17, 15) is 13.2 Å². The van der Waals surface area contributed by atoms with Gasteiger partial charge in [-0.3, -0.25) is 4.79 Å². The molecule has 1 aliphatic heterocycles. The molecule has 1 aromatic heterocycles. The van der Waals surface area contributed by atoms with Gasteiger partial charge in [-0.25, -0.2) is 13.5 Å². The average Bonchev–Trinajstić information content (AvgIpc) is 3.13. The Labute approximate surface area is 160 Å². The van der Waals surface area contributed by atoms with E-state index >= 15 is 0 Å². The molecule has 4 rings (SSSR count). The van der Waals surface area contributed by atoms with Crippen molar-refractivity contribution in [3.63, 3.8) is 0 Å². The molecule has 1 amide bonds. The monoisotopic (exact) mass is 402 g/mol. The lowest BCUT2D eigenvalue weighted by atomic mass is 9.98. The molecular formula is C18H15ClN4O3S. The van der Waals surface area contributed by atoms with Crippen LogP contribution in [-0.2, 0) is 16.3 Å². The van der Waals surface area contributed by atoms with Crippen molar-refractivity contribution in [1.29, 1.82) is 0 Å². The summed E-state index contributed by atoms with van der Waals surface area (Å²) < 4.78 is 23.2. The van der Waals surface area contributed by atoms with Gasteiger partial charge in [0.1, 0.15) is 0 Å². The summed E-state index contributed by atoms with van der Waals surface area (Å²) in [7, 11) is -3.48. The van der Waals surface area contributed by atoms with Crippen molar-refractivity contribution in [2.24, 2.45) is 0 Å². The Hall–Kier alpha value is -2.71. The molecule has 1 N–H and O–H groups in total. The number of fused-ring (bicyclic) bond motifs is 1. The summed E-state index contributed by atoms with van der Waals surface area (Å²) >= 11 is 6.23. The molecule has 0 spiro atoms. The Balaban J connectivity index is 1.70. The van der Waals surface area contributed by atoms with Crippen LogP contribution in [0.1, 0.15) is 15.9 Å². The zero-order valence-electron chi connectivity index (χ0n) is 14.3. The van der Waals surface area contributed by atoms with Crippen LogP contribution in [0, 0.1) is 0 Å². The number of benzene rings is 2. The number of amides is 1. The van der Waals surface area contributed by atoms with E-state index in [4.69, 9.17) is 11.6 Å². The van der Waals surface area contributed by atoms with Crippen LogP contribution in [0.2, 0.25) is 5.02 Å². The van der Waals surface area contributed by atoms with Gasteiger partial charge in [0.2, 0.25) is 15.0 Å². The summed E-state index contributed by atoms with van der Waals surface area (Å²) in [4.78, 5) is 18.6. The molecule has 27 heavy (non-hydrogen) atoms. The van der Waals surface area contributed by atoms with Crippen molar-refractivity contribution in [2.75, 3.05) is 17.7 Å². The maximum atomic E-state index is 12.9. The van der Waals surface area contributed by atoms with Crippen molar-refractivity contribution in [2.45, 2.75) is 11.6 Å². The van der Waals surface area contributed by atoms with E-state index < -0.39 is 9.84 Å². The number of aromatic amines is 1. The molecule has 0 bridgehead atoms. The lowest BCUT2D eigenvalue weighted by molar-refractivity contribution is 0.0981. The number of nitrogens with zero attached hydrogens (tertiary/aromatic N) is 3. The fourth-order valence-electron chi connectivity index (χ4n) is 3.09. The van der Waals surface area contributed by atoms with Crippen molar-refractivity contribution < 1.29 is 13.2 Å². The maximum absolute atomic E-state index is 12.9. The van der Waals surface area contributed by atoms with Crippen molar-refractivity contribution in [3.8, 4) is 11.4 Å². The molecular weight excluding hydrogens is 388 g/mol. The molecule has 0 fully saturated rings. The lowest BCUT2D eigenvalue weighted by Gasteiger charge is -2.29. The highest BCUT2D eigenvalue weighted by atomic mass is 35.5. The normalized spacial score (nSPS) is 14.3. The minimum absolute atomic E-state index is 0.161. The maximum Gasteiger partial charge on any atom is 0.260 e. The number of sulfone groups is 1. The molecule has 0 unspecified atom stereocenters. The fraction of sp³-hybridized carbons (Fsp3) is 0.167. The Morgan fingerprint density at radius 3 is 2.70 bits per heavy atom. The Morgan fingerprint density at radius 1 is 1.19 bits per heavy atom. The van der Waals surface area contributed by atoms with Crippen LogP contribution >= 0.6 is 11.6 Å².